The number of likely N-dealkylation sites (tertiary alicyclic amines) is 1. The van der Waals surface area contributed by atoms with Crippen LogP contribution in [0.15, 0.2) is 53.5 Å². The van der Waals surface area contributed by atoms with Crippen molar-refractivity contribution in [2.45, 2.75) is 46.6 Å². The van der Waals surface area contributed by atoms with Crippen molar-refractivity contribution in [3.63, 3.8) is 0 Å². The molecule has 3 aliphatic rings. The van der Waals surface area contributed by atoms with Crippen LogP contribution < -0.4 is 14.5 Å². The molecule has 2 fully saturated rings. The van der Waals surface area contributed by atoms with Gasteiger partial charge in [-0.15, -0.1) is 0 Å². The monoisotopic (exact) mass is 663 g/mol. The molecule has 44 heavy (non-hydrogen) atoms. The largest absolute Gasteiger partial charge is 0.467 e. The quantitative estimate of drug-likeness (QED) is 0.311. The van der Waals surface area contributed by atoms with E-state index in [4.69, 9.17) is 20.0 Å². The van der Waals surface area contributed by atoms with Crippen LogP contribution in [-0.2, 0) is 17.8 Å². The Morgan fingerprint density at radius 3 is 2.20 bits per heavy atom. The van der Waals surface area contributed by atoms with Crippen molar-refractivity contribution >= 4 is 44.1 Å². The summed E-state index contributed by atoms with van der Waals surface area (Å²) in [5.74, 6) is 0.912. The molecule has 10 heteroatoms. The van der Waals surface area contributed by atoms with Gasteiger partial charge in [0.25, 0.3) is 0 Å². The molecule has 236 valence electrons. The van der Waals surface area contributed by atoms with Crippen LogP contribution in [0.5, 0.6) is 6.01 Å². The third-order valence-electron chi connectivity index (χ3n) is 7.77. The molecule has 2 saturated heterocycles. The van der Waals surface area contributed by atoms with Crippen molar-refractivity contribution in [1.29, 1.82) is 5.26 Å². The lowest BCUT2D eigenvalue weighted by molar-refractivity contribution is -0.126. The van der Waals surface area contributed by atoms with Crippen LogP contribution in [-0.4, -0.2) is 85.6 Å². The Labute approximate surface area is 271 Å². The van der Waals surface area contributed by atoms with Crippen molar-refractivity contribution in [1.82, 2.24) is 19.8 Å². The summed E-state index contributed by atoms with van der Waals surface area (Å²) in [5.41, 5.74) is 3.37. The molecular weight excluding hydrogens is 618 g/mol. The average Bonchev–Trinajstić information content (AvgIpc) is 3.56. The summed E-state index contributed by atoms with van der Waals surface area (Å²) in [6.45, 7) is 16.0. The lowest BCUT2D eigenvalue weighted by Crippen LogP contribution is -2.49. The first-order valence-corrected chi connectivity index (χ1v) is 16.2. The van der Waals surface area contributed by atoms with Crippen LogP contribution in [0.3, 0.4) is 0 Å². The van der Waals surface area contributed by atoms with Crippen LogP contribution >= 0.6 is 15.9 Å². The summed E-state index contributed by atoms with van der Waals surface area (Å²) in [6, 6.07) is 14.8. The average molecular weight is 665 g/mol. The Hall–Kier alpha value is -3.68. The van der Waals surface area contributed by atoms with Gasteiger partial charge in [-0.1, -0.05) is 60.6 Å². The van der Waals surface area contributed by atoms with E-state index in [2.05, 4.69) is 80.7 Å². The number of fused-ring (bicyclic) bond motifs is 2. The van der Waals surface area contributed by atoms with Gasteiger partial charge in [0.15, 0.2) is 0 Å². The van der Waals surface area contributed by atoms with Crippen LogP contribution in [0.2, 0.25) is 0 Å². The first kappa shape index (κ1) is 34.8. The molecule has 0 aliphatic carbocycles. The first-order valence-electron chi connectivity index (χ1n) is 15.4. The Morgan fingerprint density at radius 2 is 1.64 bits per heavy atom. The SMILES string of the molecule is C=CC(=O)N1CCN(c2nc(OC)nc3c2CCN(c2cccc4cccc(Br)c24)C3)CC1.CC.CC#N.CN1CCCC1. The molecule has 0 atom stereocenters. The summed E-state index contributed by atoms with van der Waals surface area (Å²) in [7, 11) is 3.78. The number of aromatic nitrogens is 2. The highest BCUT2D eigenvalue weighted by Gasteiger charge is 2.29. The zero-order valence-corrected chi connectivity index (χ0v) is 28.4. The molecule has 6 rings (SSSR count). The molecule has 2 aromatic carbocycles. The number of piperazine rings is 1. The number of anilines is 2. The van der Waals surface area contributed by atoms with E-state index in [9.17, 15) is 4.79 Å². The summed E-state index contributed by atoms with van der Waals surface area (Å²) in [6.07, 6.45) is 5.06. The fourth-order valence-corrected chi connectivity index (χ4v) is 6.21. The molecule has 0 bridgehead atoms. The van der Waals surface area contributed by atoms with Crippen LogP contribution in [0.25, 0.3) is 10.8 Å². The Balaban J connectivity index is 0.000000413. The van der Waals surface area contributed by atoms with Gasteiger partial charge < -0.3 is 24.3 Å². The topological polar surface area (TPSA) is 88.8 Å². The van der Waals surface area contributed by atoms with Gasteiger partial charge in [0.05, 0.1) is 25.4 Å². The summed E-state index contributed by atoms with van der Waals surface area (Å²) >= 11 is 3.74. The minimum absolute atomic E-state index is 0.0196. The Morgan fingerprint density at radius 1 is 1.00 bits per heavy atom. The van der Waals surface area contributed by atoms with Gasteiger partial charge >= 0.3 is 6.01 Å². The highest BCUT2D eigenvalue weighted by atomic mass is 79.9. The fraction of sp³-hybridized carbons (Fsp3) is 0.471. The lowest BCUT2D eigenvalue weighted by atomic mass is 10.0. The van der Waals surface area contributed by atoms with Gasteiger partial charge in [0.2, 0.25) is 5.91 Å². The highest BCUT2D eigenvalue weighted by Crippen LogP contribution is 2.37. The fourth-order valence-electron chi connectivity index (χ4n) is 5.63. The minimum Gasteiger partial charge on any atom is -0.467 e. The number of carbonyl (C=O) groups excluding carboxylic acids is 1. The van der Waals surface area contributed by atoms with E-state index in [0.717, 1.165) is 42.0 Å². The molecule has 1 aromatic heterocycles. The number of nitrogens with zero attached hydrogens (tertiary/aromatic N) is 7. The molecule has 3 aliphatic heterocycles. The zero-order valence-electron chi connectivity index (χ0n) is 26.9. The Bertz CT molecular complexity index is 1420. The predicted molar refractivity (Wildman–Crippen MR) is 183 cm³/mol. The summed E-state index contributed by atoms with van der Waals surface area (Å²) in [5, 5.41) is 9.74. The van der Waals surface area contributed by atoms with Gasteiger partial charge in [-0.2, -0.15) is 15.2 Å². The number of halogens is 1. The smallest absolute Gasteiger partial charge is 0.318 e. The zero-order chi connectivity index (χ0) is 32.1. The van der Waals surface area contributed by atoms with Crippen LogP contribution in [0.1, 0.15) is 44.9 Å². The second kappa shape index (κ2) is 17.6. The predicted octanol–water partition coefficient (Wildman–Crippen LogP) is 6.07. The number of amides is 1. The number of benzene rings is 2. The van der Waals surface area contributed by atoms with E-state index < -0.39 is 0 Å². The molecule has 0 radical (unpaired) electrons. The Kier molecular flexibility index (Phi) is 13.9. The normalized spacial score (nSPS) is 15.8. The van der Waals surface area contributed by atoms with Gasteiger partial charge in [0.1, 0.15) is 5.82 Å². The molecule has 9 nitrogen and oxygen atoms in total. The van der Waals surface area contributed by atoms with E-state index in [0.29, 0.717) is 25.6 Å². The van der Waals surface area contributed by atoms with E-state index in [-0.39, 0.29) is 5.91 Å². The van der Waals surface area contributed by atoms with Gasteiger partial charge in [-0.3, -0.25) is 4.79 Å². The molecule has 3 aromatic rings. The highest BCUT2D eigenvalue weighted by molar-refractivity contribution is 9.10. The first-order chi connectivity index (χ1) is 21.4. The van der Waals surface area contributed by atoms with Crippen molar-refractivity contribution in [3.8, 4) is 12.1 Å². The van der Waals surface area contributed by atoms with E-state index >= 15 is 0 Å². The number of carbonyl (C=O) groups is 1. The summed E-state index contributed by atoms with van der Waals surface area (Å²) < 4.78 is 6.56. The van der Waals surface area contributed by atoms with Gasteiger partial charge in [0, 0.05) is 60.8 Å². The van der Waals surface area contributed by atoms with E-state index in [1.165, 1.54) is 61.0 Å². The number of hydrogen-bond acceptors (Lipinski definition) is 8. The number of rotatable bonds is 4. The van der Waals surface area contributed by atoms with Crippen molar-refractivity contribution in [2.75, 3.05) is 69.8 Å². The molecule has 0 spiro atoms. The second-order valence-electron chi connectivity index (χ2n) is 10.5. The summed E-state index contributed by atoms with van der Waals surface area (Å²) in [4.78, 5) is 30.2. The molecule has 4 heterocycles. The maximum atomic E-state index is 12.0. The van der Waals surface area contributed by atoms with Crippen molar-refractivity contribution in [3.05, 3.63) is 64.8 Å². The maximum Gasteiger partial charge on any atom is 0.318 e. The van der Waals surface area contributed by atoms with Crippen LogP contribution in [0.4, 0.5) is 11.5 Å². The van der Waals surface area contributed by atoms with E-state index in [1.807, 2.05) is 18.7 Å². The molecule has 0 unspecified atom stereocenters. The minimum atomic E-state index is -0.0196. The molecular formula is C34H46BrN7O2. The number of hydrogen-bond donors (Lipinski definition) is 0. The molecule has 0 saturated carbocycles. The number of nitriles is 1. The third-order valence-corrected chi connectivity index (χ3v) is 8.43. The molecule has 1 amide bonds. The van der Waals surface area contributed by atoms with Crippen molar-refractivity contribution in [2.24, 2.45) is 0 Å². The third kappa shape index (κ3) is 8.70. The standard InChI is InChI=1S/C25H26BrN5O2.C5H11N.C2H3N.C2H6/c1-3-22(32)29-12-14-30(15-13-29)24-18-10-11-31(16-20(18)27-25(28-24)33-2)21-9-5-7-17-6-4-8-19(26)23(17)21;1-6-4-2-3-5-6;1-2-3;1-2/h3-9H,1,10-16H2,2H3;2-5H2,1H3;1H3;1-2H3. The van der Waals surface area contributed by atoms with Gasteiger partial charge in [-0.05, 0) is 63.0 Å². The van der Waals surface area contributed by atoms with Crippen LogP contribution in [0, 0.1) is 11.3 Å². The maximum absolute atomic E-state index is 12.0. The second-order valence-corrected chi connectivity index (χ2v) is 11.4. The number of ether oxygens (including phenoxy) is 1. The van der Waals surface area contributed by atoms with Crippen molar-refractivity contribution < 1.29 is 9.53 Å². The van der Waals surface area contributed by atoms with E-state index in [1.54, 1.807) is 13.2 Å². The molecule has 0 N–H and O–H groups in total. The number of methoxy groups -OCH3 is 1. The van der Waals surface area contributed by atoms with Gasteiger partial charge in [-0.25, -0.2) is 0 Å². The lowest BCUT2D eigenvalue weighted by Gasteiger charge is -2.38.